The van der Waals surface area contributed by atoms with Gasteiger partial charge in [0.15, 0.2) is 6.10 Å². The van der Waals surface area contributed by atoms with Gasteiger partial charge in [-0.05, 0) is 74.2 Å². The maximum atomic E-state index is 12.8. The lowest BCUT2D eigenvalue weighted by atomic mass is 10.0. The number of hydrogen-bond acceptors (Lipinski definition) is 4. The number of hydrogen-bond donors (Lipinski definition) is 1. The van der Waals surface area contributed by atoms with Gasteiger partial charge in [-0.2, -0.15) is 0 Å². The Morgan fingerprint density at radius 2 is 1.48 bits per heavy atom. The van der Waals surface area contributed by atoms with Gasteiger partial charge in [-0.25, -0.2) is 0 Å². The van der Waals surface area contributed by atoms with E-state index in [9.17, 15) is 4.79 Å². The molecule has 1 aliphatic heterocycles. The zero-order valence-corrected chi connectivity index (χ0v) is 19.3. The quantitative estimate of drug-likeness (QED) is 0.620. The Morgan fingerprint density at radius 3 is 2.06 bits per heavy atom. The molecule has 2 aromatic rings. The summed E-state index contributed by atoms with van der Waals surface area (Å²) in [7, 11) is 1.68. The second-order valence-corrected chi connectivity index (χ2v) is 8.61. The van der Waals surface area contributed by atoms with Crippen molar-refractivity contribution in [2.45, 2.75) is 58.1 Å². The average Bonchev–Trinajstić information content (AvgIpc) is 2.80. The van der Waals surface area contributed by atoms with Crippen LogP contribution in [0.1, 0.15) is 63.1 Å². The van der Waals surface area contributed by atoms with Crippen molar-refractivity contribution in [3.63, 3.8) is 0 Å². The van der Waals surface area contributed by atoms with Crippen molar-refractivity contribution < 1.29 is 14.3 Å². The summed E-state index contributed by atoms with van der Waals surface area (Å²) < 4.78 is 11.2. The van der Waals surface area contributed by atoms with Gasteiger partial charge in [0.2, 0.25) is 0 Å². The van der Waals surface area contributed by atoms with Crippen LogP contribution in [0.3, 0.4) is 0 Å². The zero-order chi connectivity index (χ0) is 22.2. The molecule has 168 valence electrons. The molecule has 2 unspecified atom stereocenters. The van der Waals surface area contributed by atoms with Gasteiger partial charge in [-0.15, -0.1) is 0 Å². The number of nitrogens with zero attached hydrogens (tertiary/aromatic N) is 1. The van der Waals surface area contributed by atoms with Gasteiger partial charge in [-0.1, -0.05) is 44.5 Å². The minimum atomic E-state index is -0.553. The number of rotatable bonds is 9. The van der Waals surface area contributed by atoms with Crippen LogP contribution in [0.15, 0.2) is 48.5 Å². The summed E-state index contributed by atoms with van der Waals surface area (Å²) in [6.45, 7) is 8.79. The van der Waals surface area contributed by atoms with Gasteiger partial charge in [0, 0.05) is 6.54 Å². The van der Waals surface area contributed by atoms with E-state index in [1.165, 1.54) is 30.4 Å². The highest BCUT2D eigenvalue weighted by atomic mass is 16.5. The molecule has 1 heterocycles. The standard InChI is InChI=1S/C26H36N2O3/c1-19(2)21-8-14-24(15-9-21)31-20(3)26(29)27-18-25(28-16-6-5-7-17-28)22-10-12-23(30-4)13-11-22/h8-15,19-20,25H,5-7,16-18H2,1-4H3,(H,27,29). The summed E-state index contributed by atoms with van der Waals surface area (Å²) in [6.07, 6.45) is 3.13. The third-order valence-electron chi connectivity index (χ3n) is 6.03. The Balaban J connectivity index is 1.61. The molecule has 1 saturated heterocycles. The number of benzene rings is 2. The maximum Gasteiger partial charge on any atom is 0.260 e. The maximum absolute atomic E-state index is 12.8. The predicted octanol–water partition coefficient (Wildman–Crippen LogP) is 4.93. The van der Waals surface area contributed by atoms with E-state index >= 15 is 0 Å². The van der Waals surface area contributed by atoms with Crippen LogP contribution in [0.2, 0.25) is 0 Å². The van der Waals surface area contributed by atoms with Crippen LogP contribution in [0, 0.1) is 0 Å². The predicted molar refractivity (Wildman–Crippen MR) is 125 cm³/mol. The smallest absolute Gasteiger partial charge is 0.260 e. The largest absolute Gasteiger partial charge is 0.497 e. The lowest BCUT2D eigenvalue weighted by molar-refractivity contribution is -0.127. The van der Waals surface area contributed by atoms with Crippen LogP contribution in [0.25, 0.3) is 0 Å². The molecule has 0 aliphatic carbocycles. The molecule has 0 bridgehead atoms. The molecule has 0 spiro atoms. The van der Waals surface area contributed by atoms with Gasteiger partial charge in [0.05, 0.1) is 13.2 Å². The molecule has 0 radical (unpaired) electrons. The van der Waals surface area contributed by atoms with Crippen molar-refractivity contribution in [3.05, 3.63) is 59.7 Å². The highest BCUT2D eigenvalue weighted by molar-refractivity contribution is 5.80. The van der Waals surface area contributed by atoms with E-state index in [-0.39, 0.29) is 11.9 Å². The fourth-order valence-corrected chi connectivity index (χ4v) is 4.04. The van der Waals surface area contributed by atoms with E-state index in [1.807, 2.05) is 24.3 Å². The van der Waals surface area contributed by atoms with Crippen LogP contribution >= 0.6 is 0 Å². The van der Waals surface area contributed by atoms with E-state index < -0.39 is 6.10 Å². The molecule has 31 heavy (non-hydrogen) atoms. The Bertz CT molecular complexity index is 812. The highest BCUT2D eigenvalue weighted by Gasteiger charge is 2.24. The van der Waals surface area contributed by atoms with Gasteiger partial charge < -0.3 is 14.8 Å². The van der Waals surface area contributed by atoms with Crippen molar-refractivity contribution in [1.29, 1.82) is 0 Å². The molecule has 1 amide bonds. The van der Waals surface area contributed by atoms with E-state index in [4.69, 9.17) is 9.47 Å². The Hall–Kier alpha value is -2.53. The van der Waals surface area contributed by atoms with Gasteiger partial charge in [-0.3, -0.25) is 9.69 Å². The van der Waals surface area contributed by atoms with Crippen molar-refractivity contribution >= 4 is 5.91 Å². The Morgan fingerprint density at radius 1 is 0.903 bits per heavy atom. The fourth-order valence-electron chi connectivity index (χ4n) is 4.04. The number of likely N-dealkylation sites (tertiary alicyclic amines) is 1. The van der Waals surface area contributed by atoms with E-state index in [1.54, 1.807) is 14.0 Å². The highest BCUT2D eigenvalue weighted by Crippen LogP contribution is 2.26. The van der Waals surface area contributed by atoms with Crippen LogP contribution in [-0.4, -0.2) is 43.7 Å². The molecule has 1 N–H and O–H groups in total. The van der Waals surface area contributed by atoms with Gasteiger partial charge in [0.1, 0.15) is 11.5 Å². The summed E-state index contributed by atoms with van der Waals surface area (Å²) in [5.74, 6) is 1.94. The number of ether oxygens (including phenoxy) is 2. The molecule has 2 aromatic carbocycles. The van der Waals surface area contributed by atoms with Crippen LogP contribution in [0.5, 0.6) is 11.5 Å². The number of amides is 1. The summed E-state index contributed by atoms with van der Waals surface area (Å²) >= 11 is 0. The Labute approximate surface area is 186 Å². The molecule has 5 nitrogen and oxygen atoms in total. The normalized spacial score (nSPS) is 16.5. The van der Waals surface area contributed by atoms with Crippen molar-refractivity contribution in [2.24, 2.45) is 0 Å². The van der Waals surface area contributed by atoms with E-state index in [0.717, 1.165) is 24.6 Å². The molecular formula is C26H36N2O3. The van der Waals surface area contributed by atoms with Gasteiger partial charge in [0.25, 0.3) is 5.91 Å². The summed E-state index contributed by atoms with van der Waals surface area (Å²) in [5.41, 5.74) is 2.45. The number of nitrogens with one attached hydrogen (secondary N) is 1. The third kappa shape index (κ3) is 6.47. The summed E-state index contributed by atoms with van der Waals surface area (Å²) in [5, 5.41) is 3.12. The monoisotopic (exact) mass is 424 g/mol. The molecule has 0 saturated carbocycles. The lowest BCUT2D eigenvalue weighted by Crippen LogP contribution is -2.43. The molecule has 0 aromatic heterocycles. The second kappa shape index (κ2) is 11.2. The number of piperidine rings is 1. The van der Waals surface area contributed by atoms with E-state index in [0.29, 0.717) is 12.5 Å². The number of carbonyl (C=O) groups is 1. The molecular weight excluding hydrogens is 388 g/mol. The molecule has 5 heteroatoms. The second-order valence-electron chi connectivity index (χ2n) is 8.61. The Kier molecular flexibility index (Phi) is 8.35. The minimum absolute atomic E-state index is 0.0940. The lowest BCUT2D eigenvalue weighted by Gasteiger charge is -2.35. The minimum Gasteiger partial charge on any atom is -0.497 e. The van der Waals surface area contributed by atoms with Crippen LogP contribution in [0.4, 0.5) is 0 Å². The SMILES string of the molecule is COc1ccc(C(CNC(=O)C(C)Oc2ccc(C(C)C)cc2)N2CCCCC2)cc1. The van der Waals surface area contributed by atoms with Crippen molar-refractivity contribution in [2.75, 3.05) is 26.7 Å². The topological polar surface area (TPSA) is 50.8 Å². The fraction of sp³-hybridized carbons (Fsp3) is 0.500. The zero-order valence-electron chi connectivity index (χ0n) is 19.3. The molecule has 3 rings (SSSR count). The first-order valence-corrected chi connectivity index (χ1v) is 11.4. The molecule has 2 atom stereocenters. The number of carbonyl (C=O) groups excluding carboxylic acids is 1. The average molecular weight is 425 g/mol. The third-order valence-corrected chi connectivity index (χ3v) is 6.03. The van der Waals surface area contributed by atoms with Gasteiger partial charge >= 0.3 is 0 Å². The summed E-state index contributed by atoms with van der Waals surface area (Å²) in [6, 6.07) is 16.3. The first-order valence-electron chi connectivity index (χ1n) is 11.4. The van der Waals surface area contributed by atoms with Crippen molar-refractivity contribution in [3.8, 4) is 11.5 Å². The number of methoxy groups -OCH3 is 1. The molecule has 1 fully saturated rings. The van der Waals surface area contributed by atoms with E-state index in [2.05, 4.69) is 48.3 Å². The first kappa shape index (κ1) is 23.1. The first-order chi connectivity index (χ1) is 15.0. The van der Waals surface area contributed by atoms with Crippen LogP contribution < -0.4 is 14.8 Å². The molecule has 1 aliphatic rings. The summed E-state index contributed by atoms with van der Waals surface area (Å²) in [4.78, 5) is 15.2. The van der Waals surface area contributed by atoms with Crippen LogP contribution in [-0.2, 0) is 4.79 Å². The van der Waals surface area contributed by atoms with Crippen molar-refractivity contribution in [1.82, 2.24) is 10.2 Å².